The molecule has 0 amide bonds. The Bertz CT molecular complexity index is 665. The van der Waals surface area contributed by atoms with Crippen LogP contribution in [-0.4, -0.2) is 15.5 Å². The number of methoxy groups -OCH3 is 1. The van der Waals surface area contributed by atoms with E-state index in [0.717, 1.165) is 16.9 Å². The van der Waals surface area contributed by atoms with Crippen molar-refractivity contribution in [3.05, 3.63) is 41.3 Å². The van der Waals surface area contributed by atoms with Crippen LogP contribution in [-0.2, 0) is 21.4 Å². The van der Waals surface area contributed by atoms with E-state index in [4.69, 9.17) is 10.5 Å². The summed E-state index contributed by atoms with van der Waals surface area (Å²) < 4.78 is 31.9. The van der Waals surface area contributed by atoms with Gasteiger partial charge in [0.1, 0.15) is 4.21 Å². The second-order valence-electron chi connectivity index (χ2n) is 3.94. The number of nitrogen functional groups attached to an aromatic ring is 1. The van der Waals surface area contributed by atoms with Crippen LogP contribution in [0.3, 0.4) is 0 Å². The molecule has 0 aliphatic rings. The van der Waals surface area contributed by atoms with Crippen molar-refractivity contribution in [1.29, 1.82) is 0 Å². The minimum Gasteiger partial charge on any atom is -0.398 e. The maximum atomic E-state index is 12.1. The predicted molar refractivity (Wildman–Crippen MR) is 76.7 cm³/mol. The van der Waals surface area contributed by atoms with Crippen molar-refractivity contribution in [1.82, 2.24) is 0 Å². The monoisotopic (exact) mass is 298 g/mol. The van der Waals surface area contributed by atoms with Crippen molar-refractivity contribution in [3.8, 4) is 0 Å². The van der Waals surface area contributed by atoms with Crippen molar-refractivity contribution in [2.45, 2.75) is 10.8 Å². The molecular weight excluding hydrogens is 284 g/mol. The second-order valence-corrected chi connectivity index (χ2v) is 6.76. The Labute approximate surface area is 116 Å². The average Bonchev–Trinajstić information content (AvgIpc) is 2.77. The molecule has 1 aromatic heterocycles. The Morgan fingerprint density at radius 2 is 2.16 bits per heavy atom. The maximum absolute atomic E-state index is 12.1. The van der Waals surface area contributed by atoms with Crippen LogP contribution in [0.2, 0.25) is 0 Å². The van der Waals surface area contributed by atoms with Gasteiger partial charge in [0.2, 0.25) is 0 Å². The maximum Gasteiger partial charge on any atom is 0.271 e. The molecule has 0 unspecified atom stereocenters. The van der Waals surface area contributed by atoms with E-state index in [1.54, 1.807) is 30.7 Å². The molecule has 0 aliphatic carbocycles. The molecule has 2 aromatic rings. The molecule has 0 radical (unpaired) electrons. The summed E-state index contributed by atoms with van der Waals surface area (Å²) in [5.74, 6) is 0. The molecule has 0 bridgehead atoms. The lowest BCUT2D eigenvalue weighted by Gasteiger charge is -2.07. The normalized spacial score (nSPS) is 11.4. The lowest BCUT2D eigenvalue weighted by Crippen LogP contribution is -2.11. The third-order valence-electron chi connectivity index (χ3n) is 2.35. The molecular formula is C12H14N2O3S2. The van der Waals surface area contributed by atoms with Crippen molar-refractivity contribution in [2.75, 3.05) is 17.6 Å². The first-order chi connectivity index (χ1) is 9.01. The fourth-order valence-corrected chi connectivity index (χ4v) is 3.70. The minimum atomic E-state index is -3.58. The van der Waals surface area contributed by atoms with Gasteiger partial charge in [-0.25, -0.2) is 8.42 Å². The number of benzene rings is 1. The second kappa shape index (κ2) is 5.60. The smallest absolute Gasteiger partial charge is 0.271 e. The highest BCUT2D eigenvalue weighted by molar-refractivity contribution is 7.94. The van der Waals surface area contributed by atoms with E-state index >= 15 is 0 Å². The average molecular weight is 298 g/mol. The van der Waals surface area contributed by atoms with Crippen molar-refractivity contribution < 1.29 is 13.2 Å². The molecule has 5 nitrogen and oxygen atoms in total. The first-order valence-electron chi connectivity index (χ1n) is 5.46. The van der Waals surface area contributed by atoms with E-state index < -0.39 is 10.0 Å². The SMILES string of the molecule is COCc1cccc(NS(=O)(=O)c2cc(N)cs2)c1. The zero-order valence-corrected chi connectivity index (χ0v) is 11.9. The van der Waals surface area contributed by atoms with Crippen LogP contribution in [0.4, 0.5) is 11.4 Å². The minimum absolute atomic E-state index is 0.196. The number of sulfonamides is 1. The number of nitrogens with one attached hydrogen (secondary N) is 1. The summed E-state index contributed by atoms with van der Waals surface area (Å²) in [7, 11) is -1.99. The van der Waals surface area contributed by atoms with Gasteiger partial charge >= 0.3 is 0 Å². The van der Waals surface area contributed by atoms with Crippen molar-refractivity contribution in [2.24, 2.45) is 0 Å². The third kappa shape index (κ3) is 3.46. The van der Waals surface area contributed by atoms with Crippen molar-refractivity contribution >= 4 is 32.7 Å². The lowest BCUT2D eigenvalue weighted by molar-refractivity contribution is 0.185. The zero-order valence-electron chi connectivity index (χ0n) is 10.3. The zero-order chi connectivity index (χ0) is 13.9. The van der Waals surface area contributed by atoms with Gasteiger partial charge in [0.25, 0.3) is 10.0 Å². The molecule has 0 saturated heterocycles. The number of hydrogen-bond acceptors (Lipinski definition) is 5. The number of rotatable bonds is 5. The van der Waals surface area contributed by atoms with Crippen LogP contribution in [0, 0.1) is 0 Å². The van der Waals surface area contributed by atoms with Crippen LogP contribution in [0.15, 0.2) is 39.9 Å². The van der Waals surface area contributed by atoms with Crippen LogP contribution in [0.5, 0.6) is 0 Å². The summed E-state index contributed by atoms with van der Waals surface area (Å²) >= 11 is 1.09. The number of nitrogens with two attached hydrogens (primary N) is 1. The molecule has 1 aromatic carbocycles. The van der Waals surface area contributed by atoms with Gasteiger partial charge in [-0.05, 0) is 23.8 Å². The summed E-state index contributed by atoms with van der Waals surface area (Å²) in [5.41, 5.74) is 7.38. The first-order valence-corrected chi connectivity index (χ1v) is 7.82. The Morgan fingerprint density at radius 1 is 1.37 bits per heavy atom. The summed E-state index contributed by atoms with van der Waals surface area (Å²) in [4.78, 5) is 0. The quantitative estimate of drug-likeness (QED) is 0.887. The van der Waals surface area contributed by atoms with Gasteiger partial charge in [0.15, 0.2) is 0 Å². The van der Waals surface area contributed by atoms with Gasteiger partial charge in [-0.1, -0.05) is 12.1 Å². The molecule has 19 heavy (non-hydrogen) atoms. The summed E-state index contributed by atoms with van der Waals surface area (Å²) in [6, 6.07) is 8.50. The van der Waals surface area contributed by atoms with E-state index in [2.05, 4.69) is 4.72 Å². The van der Waals surface area contributed by atoms with Gasteiger partial charge in [-0.2, -0.15) is 0 Å². The van der Waals surface area contributed by atoms with Gasteiger partial charge < -0.3 is 10.5 Å². The fraction of sp³-hybridized carbons (Fsp3) is 0.167. The molecule has 102 valence electrons. The van der Waals surface area contributed by atoms with E-state index in [1.807, 2.05) is 6.07 Å². The van der Waals surface area contributed by atoms with E-state index in [-0.39, 0.29) is 4.21 Å². The summed E-state index contributed by atoms with van der Waals surface area (Å²) in [5, 5.41) is 1.59. The molecule has 7 heteroatoms. The topological polar surface area (TPSA) is 81.4 Å². The Balaban J connectivity index is 2.23. The van der Waals surface area contributed by atoms with Crippen molar-refractivity contribution in [3.63, 3.8) is 0 Å². The molecule has 1 heterocycles. The highest BCUT2D eigenvalue weighted by Crippen LogP contribution is 2.24. The molecule has 2 rings (SSSR count). The molecule has 0 atom stereocenters. The van der Waals surface area contributed by atoms with Gasteiger partial charge in [-0.15, -0.1) is 11.3 Å². The third-order valence-corrected chi connectivity index (χ3v) is 5.19. The van der Waals surface area contributed by atoms with Crippen LogP contribution in [0.1, 0.15) is 5.56 Å². The highest BCUT2D eigenvalue weighted by Gasteiger charge is 2.16. The number of ether oxygens (including phenoxy) is 1. The summed E-state index contributed by atoms with van der Waals surface area (Å²) in [6.07, 6.45) is 0. The molecule has 0 aliphatic heterocycles. The Kier molecular flexibility index (Phi) is 4.08. The fourth-order valence-electron chi connectivity index (χ4n) is 1.57. The predicted octanol–water partition coefficient (Wildman–Crippen LogP) is 2.28. The van der Waals surface area contributed by atoms with E-state index in [1.165, 1.54) is 6.07 Å². The van der Waals surface area contributed by atoms with E-state index in [0.29, 0.717) is 18.0 Å². The summed E-state index contributed by atoms with van der Waals surface area (Å²) in [6.45, 7) is 0.432. The van der Waals surface area contributed by atoms with Gasteiger partial charge in [-0.3, -0.25) is 4.72 Å². The van der Waals surface area contributed by atoms with Crippen LogP contribution < -0.4 is 10.5 Å². The van der Waals surface area contributed by atoms with Gasteiger partial charge in [0, 0.05) is 23.9 Å². The number of anilines is 2. The van der Waals surface area contributed by atoms with Crippen LogP contribution >= 0.6 is 11.3 Å². The molecule has 0 fully saturated rings. The Morgan fingerprint density at radius 3 is 2.79 bits per heavy atom. The van der Waals surface area contributed by atoms with Crippen LogP contribution in [0.25, 0.3) is 0 Å². The highest BCUT2D eigenvalue weighted by atomic mass is 32.2. The standard InChI is InChI=1S/C12H14N2O3S2/c1-17-7-9-3-2-4-11(5-9)14-19(15,16)12-6-10(13)8-18-12/h2-6,8,14H,7,13H2,1H3. The lowest BCUT2D eigenvalue weighted by atomic mass is 10.2. The molecule has 3 N–H and O–H groups in total. The first kappa shape index (κ1) is 13.9. The number of thiophene rings is 1. The molecule has 0 spiro atoms. The molecule has 0 saturated carbocycles. The van der Waals surface area contributed by atoms with Gasteiger partial charge in [0.05, 0.1) is 6.61 Å². The van der Waals surface area contributed by atoms with E-state index in [9.17, 15) is 8.42 Å². The number of hydrogen-bond donors (Lipinski definition) is 2. The Hall–Kier alpha value is -1.57. The largest absolute Gasteiger partial charge is 0.398 e.